The Hall–Kier alpha value is -2.71. The number of hydrogen-bond donors (Lipinski definition) is 0. The number of carbonyl (C=O) groups excluding carboxylic acids is 1. The standard InChI is InChI=1S/C20H23N3O2/c1-3-23(14-17-9-11-22-12-10-17)20(13-21)19(15-25-16(2)24)18-7-5-4-6-8-18/h4-12,19-20H,3,14-15H2,1-2H3/t19-,20?/m0/s1. The Morgan fingerprint density at radius 1 is 1.24 bits per heavy atom. The molecular formula is C20H23N3O2. The highest BCUT2D eigenvalue weighted by Gasteiger charge is 2.29. The van der Waals surface area contributed by atoms with Crippen LogP contribution in [0.4, 0.5) is 0 Å². The highest BCUT2D eigenvalue weighted by atomic mass is 16.5. The van der Waals surface area contributed by atoms with Crippen molar-refractivity contribution < 1.29 is 9.53 Å². The zero-order valence-corrected chi connectivity index (χ0v) is 14.6. The largest absolute Gasteiger partial charge is 0.465 e. The van der Waals surface area contributed by atoms with Gasteiger partial charge in [0.1, 0.15) is 12.6 Å². The molecule has 2 atom stereocenters. The second-order valence-corrected chi connectivity index (χ2v) is 5.81. The molecule has 25 heavy (non-hydrogen) atoms. The summed E-state index contributed by atoms with van der Waals surface area (Å²) in [5.41, 5.74) is 2.08. The molecule has 130 valence electrons. The quantitative estimate of drug-likeness (QED) is 0.692. The predicted molar refractivity (Wildman–Crippen MR) is 95.5 cm³/mol. The zero-order valence-electron chi connectivity index (χ0n) is 14.6. The first-order valence-electron chi connectivity index (χ1n) is 8.36. The molecule has 5 nitrogen and oxygen atoms in total. The van der Waals surface area contributed by atoms with Gasteiger partial charge in [-0.25, -0.2) is 0 Å². The van der Waals surface area contributed by atoms with Gasteiger partial charge < -0.3 is 4.74 Å². The summed E-state index contributed by atoms with van der Waals surface area (Å²) in [6.07, 6.45) is 3.50. The molecule has 0 bridgehead atoms. The van der Waals surface area contributed by atoms with E-state index in [1.54, 1.807) is 12.4 Å². The Bertz CT molecular complexity index is 698. The summed E-state index contributed by atoms with van der Waals surface area (Å²) in [7, 11) is 0. The fourth-order valence-corrected chi connectivity index (χ4v) is 2.83. The van der Waals surface area contributed by atoms with E-state index in [2.05, 4.69) is 16.0 Å². The Morgan fingerprint density at radius 3 is 2.48 bits per heavy atom. The van der Waals surface area contributed by atoms with Gasteiger partial charge in [-0.2, -0.15) is 5.26 Å². The molecular weight excluding hydrogens is 314 g/mol. The lowest BCUT2D eigenvalue weighted by atomic mass is 9.91. The minimum atomic E-state index is -0.403. The van der Waals surface area contributed by atoms with E-state index in [4.69, 9.17) is 4.74 Å². The lowest BCUT2D eigenvalue weighted by molar-refractivity contribution is -0.141. The van der Waals surface area contributed by atoms with Crippen LogP contribution in [0.5, 0.6) is 0 Å². The van der Waals surface area contributed by atoms with E-state index in [0.29, 0.717) is 13.1 Å². The number of nitrogens with zero attached hydrogens (tertiary/aromatic N) is 3. The van der Waals surface area contributed by atoms with Crippen molar-refractivity contribution in [1.29, 1.82) is 5.26 Å². The molecule has 2 rings (SSSR count). The summed E-state index contributed by atoms with van der Waals surface area (Å²) in [6.45, 7) is 4.95. The average molecular weight is 337 g/mol. The maximum Gasteiger partial charge on any atom is 0.302 e. The minimum absolute atomic E-state index is 0.185. The summed E-state index contributed by atoms with van der Waals surface area (Å²) in [5.74, 6) is -0.549. The van der Waals surface area contributed by atoms with Crippen molar-refractivity contribution in [3.63, 3.8) is 0 Å². The number of nitriles is 1. The van der Waals surface area contributed by atoms with Gasteiger partial charge in [0, 0.05) is 31.8 Å². The lowest BCUT2D eigenvalue weighted by Gasteiger charge is -2.32. The van der Waals surface area contributed by atoms with Crippen LogP contribution in [0, 0.1) is 11.3 Å². The van der Waals surface area contributed by atoms with Gasteiger partial charge in [-0.1, -0.05) is 37.3 Å². The van der Waals surface area contributed by atoms with Gasteiger partial charge in [0.25, 0.3) is 0 Å². The van der Waals surface area contributed by atoms with Gasteiger partial charge in [0.05, 0.1) is 6.07 Å². The van der Waals surface area contributed by atoms with Crippen molar-refractivity contribution in [3.05, 3.63) is 66.0 Å². The number of aromatic nitrogens is 1. The highest BCUT2D eigenvalue weighted by Crippen LogP contribution is 2.25. The van der Waals surface area contributed by atoms with E-state index >= 15 is 0 Å². The normalized spacial score (nSPS) is 13.0. The van der Waals surface area contributed by atoms with E-state index in [1.807, 2.05) is 49.4 Å². The molecule has 5 heteroatoms. The zero-order chi connectivity index (χ0) is 18.1. The summed E-state index contributed by atoms with van der Waals surface area (Å²) in [5, 5.41) is 9.86. The van der Waals surface area contributed by atoms with Crippen molar-refractivity contribution in [2.75, 3.05) is 13.2 Å². The van der Waals surface area contributed by atoms with Crippen molar-refractivity contribution in [1.82, 2.24) is 9.88 Å². The molecule has 0 spiro atoms. The molecule has 0 radical (unpaired) electrons. The number of carbonyl (C=O) groups is 1. The summed E-state index contributed by atoms with van der Waals surface area (Å²) >= 11 is 0. The molecule has 0 aliphatic rings. The average Bonchev–Trinajstić information content (AvgIpc) is 2.65. The molecule has 0 aliphatic heterocycles. The molecule has 0 saturated carbocycles. The SMILES string of the molecule is CCN(Cc1ccncc1)C(C#N)[C@@H](COC(C)=O)c1ccccc1. The van der Waals surface area contributed by atoms with Gasteiger partial charge in [-0.3, -0.25) is 14.7 Å². The predicted octanol–water partition coefficient (Wildman–Crippen LogP) is 3.14. The van der Waals surface area contributed by atoms with Crippen LogP contribution in [0.2, 0.25) is 0 Å². The van der Waals surface area contributed by atoms with Crippen LogP contribution in [0.1, 0.15) is 30.9 Å². The number of hydrogen-bond acceptors (Lipinski definition) is 5. The third-order valence-corrected chi connectivity index (χ3v) is 4.14. The van der Waals surface area contributed by atoms with E-state index in [9.17, 15) is 10.1 Å². The number of esters is 1. The van der Waals surface area contributed by atoms with Crippen LogP contribution >= 0.6 is 0 Å². The molecule has 1 aromatic heterocycles. The Labute approximate surface area is 148 Å². The smallest absolute Gasteiger partial charge is 0.302 e. The Morgan fingerprint density at radius 2 is 1.92 bits per heavy atom. The molecule has 1 unspecified atom stereocenters. The van der Waals surface area contributed by atoms with E-state index < -0.39 is 6.04 Å². The number of likely N-dealkylation sites (N-methyl/N-ethyl adjacent to an activating group) is 1. The van der Waals surface area contributed by atoms with Crippen LogP contribution in [0.15, 0.2) is 54.9 Å². The second-order valence-electron chi connectivity index (χ2n) is 5.81. The fourth-order valence-electron chi connectivity index (χ4n) is 2.83. The molecule has 0 saturated heterocycles. The number of rotatable bonds is 8. The third-order valence-electron chi connectivity index (χ3n) is 4.14. The van der Waals surface area contributed by atoms with Crippen LogP contribution < -0.4 is 0 Å². The van der Waals surface area contributed by atoms with E-state index in [0.717, 1.165) is 11.1 Å². The van der Waals surface area contributed by atoms with Crippen molar-refractivity contribution in [2.45, 2.75) is 32.4 Å². The van der Waals surface area contributed by atoms with Crippen LogP contribution in [0.3, 0.4) is 0 Å². The van der Waals surface area contributed by atoms with Crippen molar-refractivity contribution in [2.24, 2.45) is 0 Å². The molecule has 0 amide bonds. The summed E-state index contributed by atoms with van der Waals surface area (Å²) < 4.78 is 5.26. The minimum Gasteiger partial charge on any atom is -0.465 e. The van der Waals surface area contributed by atoms with Gasteiger partial charge in [-0.15, -0.1) is 0 Å². The monoisotopic (exact) mass is 337 g/mol. The number of ether oxygens (including phenoxy) is 1. The first-order valence-corrected chi connectivity index (χ1v) is 8.36. The van der Waals surface area contributed by atoms with Gasteiger partial charge in [0.2, 0.25) is 0 Å². The molecule has 0 N–H and O–H groups in total. The van der Waals surface area contributed by atoms with Crippen molar-refractivity contribution in [3.8, 4) is 6.07 Å². The number of benzene rings is 1. The van der Waals surface area contributed by atoms with Gasteiger partial charge >= 0.3 is 5.97 Å². The number of pyridine rings is 1. The maximum atomic E-state index is 11.3. The van der Waals surface area contributed by atoms with Gasteiger partial charge in [-0.05, 0) is 29.8 Å². The Balaban J connectivity index is 2.26. The van der Waals surface area contributed by atoms with Crippen molar-refractivity contribution >= 4 is 5.97 Å². The molecule has 2 aromatic rings. The molecule has 0 aliphatic carbocycles. The fraction of sp³-hybridized carbons (Fsp3) is 0.350. The summed E-state index contributed by atoms with van der Waals surface area (Å²) in [4.78, 5) is 17.4. The maximum absolute atomic E-state index is 11.3. The second kappa shape index (κ2) is 9.55. The van der Waals surface area contributed by atoms with Gasteiger partial charge in [0.15, 0.2) is 0 Å². The topological polar surface area (TPSA) is 66.2 Å². The van der Waals surface area contributed by atoms with Crippen LogP contribution in [0.25, 0.3) is 0 Å². The molecule has 1 aromatic carbocycles. The lowest BCUT2D eigenvalue weighted by Crippen LogP contribution is -2.40. The van der Waals surface area contributed by atoms with Crippen LogP contribution in [-0.4, -0.2) is 35.0 Å². The highest BCUT2D eigenvalue weighted by molar-refractivity contribution is 5.66. The molecule has 0 fully saturated rings. The van der Waals surface area contributed by atoms with Crippen LogP contribution in [-0.2, 0) is 16.1 Å². The molecule has 1 heterocycles. The summed E-state index contributed by atoms with van der Waals surface area (Å²) in [6, 6.07) is 15.6. The first kappa shape index (κ1) is 18.6. The van der Waals surface area contributed by atoms with E-state index in [-0.39, 0.29) is 18.5 Å². The Kier molecular flexibility index (Phi) is 7.12. The third kappa shape index (κ3) is 5.40. The first-order chi connectivity index (χ1) is 12.2. The van der Waals surface area contributed by atoms with E-state index in [1.165, 1.54) is 6.92 Å².